The minimum Gasteiger partial charge on any atom is -0.397 e. The summed E-state index contributed by atoms with van der Waals surface area (Å²) in [6.45, 7) is 2.10. The molecule has 27 heavy (non-hydrogen) atoms. The molecule has 140 valence electrons. The number of nitrogens with two attached hydrogens (primary N) is 2. The van der Waals surface area contributed by atoms with Crippen LogP contribution in [0.15, 0.2) is 12.1 Å². The number of aromatic nitrogens is 1. The molecule has 4 rings (SSSR count). The van der Waals surface area contributed by atoms with Crippen molar-refractivity contribution in [3.63, 3.8) is 0 Å². The van der Waals surface area contributed by atoms with E-state index in [2.05, 4.69) is 17.2 Å². The van der Waals surface area contributed by atoms with Gasteiger partial charge in [0.1, 0.15) is 14.7 Å². The summed E-state index contributed by atoms with van der Waals surface area (Å²) < 4.78 is 0. The standard InChI is InChI=1S/C19H20N4O2S2/c1-2-4-9-7-8-11-14(20)15(27-18(11)22-9)17(25)23-19-13(16(21)24)10-5-3-6-12(10)26-19/h7-8H,2-6,20H2,1H3,(H2,21,24)(H,23,25). The number of aryl methyl sites for hydroxylation is 2. The van der Waals surface area contributed by atoms with E-state index in [1.807, 2.05) is 12.1 Å². The highest BCUT2D eigenvalue weighted by atomic mass is 32.1. The van der Waals surface area contributed by atoms with Crippen molar-refractivity contribution in [2.24, 2.45) is 5.73 Å². The lowest BCUT2D eigenvalue weighted by Gasteiger charge is -2.05. The highest BCUT2D eigenvalue weighted by Gasteiger charge is 2.27. The molecule has 3 heterocycles. The molecule has 0 fully saturated rings. The van der Waals surface area contributed by atoms with Gasteiger partial charge in [-0.25, -0.2) is 4.98 Å². The monoisotopic (exact) mass is 400 g/mol. The normalized spacial score (nSPS) is 13.1. The average Bonchev–Trinajstić information content (AvgIpc) is 3.28. The molecule has 0 saturated heterocycles. The van der Waals surface area contributed by atoms with Gasteiger partial charge < -0.3 is 16.8 Å². The molecular weight excluding hydrogens is 380 g/mol. The molecule has 1 aliphatic carbocycles. The minimum atomic E-state index is -0.500. The molecule has 0 spiro atoms. The maximum atomic E-state index is 12.9. The summed E-state index contributed by atoms with van der Waals surface area (Å²) in [6, 6.07) is 3.87. The molecule has 3 aromatic rings. The molecule has 1 aliphatic rings. The van der Waals surface area contributed by atoms with Crippen LogP contribution in [0.3, 0.4) is 0 Å². The Labute approximate surface area is 164 Å². The Morgan fingerprint density at radius 1 is 1.26 bits per heavy atom. The predicted octanol–water partition coefficient (Wildman–Crippen LogP) is 3.73. The Balaban J connectivity index is 1.68. The highest BCUT2D eigenvalue weighted by Crippen LogP contribution is 2.40. The Hall–Kier alpha value is -2.45. The second-order valence-electron chi connectivity index (χ2n) is 6.63. The quantitative estimate of drug-likeness (QED) is 0.606. The Morgan fingerprint density at radius 2 is 2.07 bits per heavy atom. The zero-order valence-corrected chi connectivity index (χ0v) is 16.6. The number of thiophene rings is 2. The van der Waals surface area contributed by atoms with Crippen molar-refractivity contribution >= 4 is 55.4 Å². The SMILES string of the molecule is CCCc1ccc2c(N)c(C(=O)Nc3sc4c(c3C(N)=O)CCC4)sc2n1. The van der Waals surface area contributed by atoms with Crippen molar-refractivity contribution in [2.75, 3.05) is 11.1 Å². The Kier molecular flexibility index (Phi) is 4.61. The number of nitrogen functional groups attached to an aromatic ring is 1. The molecule has 0 unspecified atom stereocenters. The molecule has 0 aromatic carbocycles. The van der Waals surface area contributed by atoms with Gasteiger partial charge >= 0.3 is 0 Å². The molecule has 2 amide bonds. The molecule has 5 N–H and O–H groups in total. The first kappa shape index (κ1) is 17.9. The van der Waals surface area contributed by atoms with Crippen LogP contribution in [0.5, 0.6) is 0 Å². The second kappa shape index (κ2) is 6.94. The van der Waals surface area contributed by atoms with Crippen LogP contribution < -0.4 is 16.8 Å². The fourth-order valence-electron chi connectivity index (χ4n) is 3.51. The number of hydrogen-bond acceptors (Lipinski definition) is 6. The van der Waals surface area contributed by atoms with E-state index in [0.29, 0.717) is 21.1 Å². The number of carbonyl (C=O) groups is 2. The van der Waals surface area contributed by atoms with E-state index in [-0.39, 0.29) is 5.91 Å². The largest absolute Gasteiger partial charge is 0.397 e. The third kappa shape index (κ3) is 3.08. The van der Waals surface area contributed by atoms with Gasteiger partial charge in [-0.15, -0.1) is 22.7 Å². The van der Waals surface area contributed by atoms with Crippen LogP contribution in [0.1, 0.15) is 55.9 Å². The maximum Gasteiger partial charge on any atom is 0.268 e. The molecule has 0 radical (unpaired) electrons. The summed E-state index contributed by atoms with van der Waals surface area (Å²) in [5.41, 5.74) is 14.6. The molecule has 8 heteroatoms. The van der Waals surface area contributed by atoms with Crippen molar-refractivity contribution in [1.82, 2.24) is 4.98 Å². The fraction of sp³-hybridized carbons (Fsp3) is 0.316. The number of pyridine rings is 1. The lowest BCUT2D eigenvalue weighted by Crippen LogP contribution is -2.17. The van der Waals surface area contributed by atoms with Gasteiger partial charge in [0.15, 0.2) is 0 Å². The van der Waals surface area contributed by atoms with E-state index in [9.17, 15) is 9.59 Å². The zero-order chi connectivity index (χ0) is 19.1. The second-order valence-corrected chi connectivity index (χ2v) is 8.73. The molecule has 0 bridgehead atoms. The van der Waals surface area contributed by atoms with Crippen LogP contribution in [-0.2, 0) is 19.3 Å². The number of primary amides is 1. The molecule has 6 nitrogen and oxygen atoms in total. The van der Waals surface area contributed by atoms with Crippen LogP contribution in [-0.4, -0.2) is 16.8 Å². The van der Waals surface area contributed by atoms with Crippen LogP contribution >= 0.6 is 22.7 Å². The Bertz CT molecular complexity index is 1070. The topological polar surface area (TPSA) is 111 Å². The number of amides is 2. The summed E-state index contributed by atoms with van der Waals surface area (Å²) in [4.78, 5) is 31.7. The average molecular weight is 401 g/mol. The van der Waals surface area contributed by atoms with E-state index in [1.165, 1.54) is 22.7 Å². The van der Waals surface area contributed by atoms with E-state index >= 15 is 0 Å². The van der Waals surface area contributed by atoms with Gasteiger partial charge in [0, 0.05) is 16.0 Å². The molecule has 0 aliphatic heterocycles. The number of nitrogens with one attached hydrogen (secondary N) is 1. The summed E-state index contributed by atoms with van der Waals surface area (Å²) in [5, 5.41) is 4.17. The van der Waals surface area contributed by atoms with Crippen molar-refractivity contribution in [3.05, 3.63) is 38.7 Å². The van der Waals surface area contributed by atoms with Crippen molar-refractivity contribution < 1.29 is 9.59 Å². The van der Waals surface area contributed by atoms with Crippen molar-refractivity contribution in [1.29, 1.82) is 0 Å². The maximum absolute atomic E-state index is 12.9. The lowest BCUT2D eigenvalue weighted by molar-refractivity contribution is 0.100. The number of rotatable bonds is 5. The summed E-state index contributed by atoms with van der Waals surface area (Å²) in [5.74, 6) is -0.824. The van der Waals surface area contributed by atoms with E-state index in [1.54, 1.807) is 0 Å². The summed E-state index contributed by atoms with van der Waals surface area (Å²) in [6.07, 6.45) is 4.66. The number of hydrogen-bond donors (Lipinski definition) is 3. The van der Waals surface area contributed by atoms with Crippen LogP contribution in [0.4, 0.5) is 10.7 Å². The van der Waals surface area contributed by atoms with E-state index in [0.717, 1.165) is 58.5 Å². The fourth-order valence-corrected chi connectivity index (χ4v) is 5.81. The van der Waals surface area contributed by atoms with Crippen molar-refractivity contribution in [3.8, 4) is 0 Å². The number of carbonyl (C=O) groups excluding carboxylic acids is 2. The van der Waals surface area contributed by atoms with Gasteiger partial charge in [0.05, 0.1) is 11.3 Å². The van der Waals surface area contributed by atoms with Crippen LogP contribution in [0.25, 0.3) is 10.2 Å². The predicted molar refractivity (Wildman–Crippen MR) is 111 cm³/mol. The number of nitrogens with zero attached hydrogens (tertiary/aromatic N) is 1. The van der Waals surface area contributed by atoms with Gasteiger partial charge in [-0.2, -0.15) is 0 Å². The first-order valence-corrected chi connectivity index (χ1v) is 10.6. The van der Waals surface area contributed by atoms with Gasteiger partial charge in [0.2, 0.25) is 0 Å². The van der Waals surface area contributed by atoms with Crippen LogP contribution in [0, 0.1) is 0 Å². The van der Waals surface area contributed by atoms with E-state index < -0.39 is 5.91 Å². The highest BCUT2D eigenvalue weighted by molar-refractivity contribution is 7.21. The van der Waals surface area contributed by atoms with E-state index in [4.69, 9.17) is 11.5 Å². The van der Waals surface area contributed by atoms with Gasteiger partial charge in [-0.05, 0) is 43.4 Å². The number of anilines is 2. The Morgan fingerprint density at radius 3 is 2.81 bits per heavy atom. The third-order valence-electron chi connectivity index (χ3n) is 4.76. The van der Waals surface area contributed by atoms with Crippen molar-refractivity contribution in [2.45, 2.75) is 39.0 Å². The first-order chi connectivity index (χ1) is 13.0. The zero-order valence-electron chi connectivity index (χ0n) is 14.9. The van der Waals surface area contributed by atoms with Gasteiger partial charge in [0.25, 0.3) is 11.8 Å². The third-order valence-corrected chi connectivity index (χ3v) is 7.08. The molecule has 0 saturated carbocycles. The van der Waals surface area contributed by atoms with Gasteiger partial charge in [-0.3, -0.25) is 9.59 Å². The van der Waals surface area contributed by atoms with Gasteiger partial charge in [-0.1, -0.05) is 13.3 Å². The molecule has 3 aromatic heterocycles. The smallest absolute Gasteiger partial charge is 0.268 e. The lowest BCUT2D eigenvalue weighted by atomic mass is 10.1. The summed E-state index contributed by atoms with van der Waals surface area (Å²) >= 11 is 2.71. The molecule has 0 atom stereocenters. The first-order valence-electron chi connectivity index (χ1n) is 8.93. The minimum absolute atomic E-state index is 0.324. The molecular formula is C19H20N4O2S2. The summed E-state index contributed by atoms with van der Waals surface area (Å²) in [7, 11) is 0. The van der Waals surface area contributed by atoms with Crippen LogP contribution in [0.2, 0.25) is 0 Å². The number of fused-ring (bicyclic) bond motifs is 2.